The third-order valence-electron chi connectivity index (χ3n) is 3.52. The first-order chi connectivity index (χ1) is 12.0. The van der Waals surface area contributed by atoms with Crippen molar-refractivity contribution in [2.24, 2.45) is 0 Å². The summed E-state index contributed by atoms with van der Waals surface area (Å²) in [5.41, 5.74) is -0.117. The van der Waals surface area contributed by atoms with Gasteiger partial charge in [-0.1, -0.05) is 0 Å². The van der Waals surface area contributed by atoms with Gasteiger partial charge in [0.2, 0.25) is 0 Å². The van der Waals surface area contributed by atoms with Crippen LogP contribution in [0.1, 0.15) is 38.3 Å². The Labute approximate surface area is 149 Å². The quantitative estimate of drug-likeness (QED) is 0.262. The average molecular weight is 459 g/mol. The Hall–Kier alpha value is -2.31. The number of amides is 2. The number of rotatable bonds is 5. The number of hydrogen-bond acceptors (Lipinski definition) is 7. The molecule has 0 atom stereocenters. The SMILES string of the molecule is CCOC(=O)c1[nH]nc2c1C(=O)N(c1ccc(I(O)CO)cc1)C2=O. The molecule has 0 saturated carbocycles. The molecule has 3 N–H and O–H groups in total. The molecule has 1 aliphatic heterocycles. The number of halogens is 1. The Morgan fingerprint density at radius 3 is 2.56 bits per heavy atom. The Kier molecular flexibility index (Phi) is 4.83. The number of carbonyl (C=O) groups excluding carboxylic acids is 3. The first-order valence-electron chi connectivity index (χ1n) is 7.19. The number of alkyl halides is 1. The molecule has 0 aliphatic carbocycles. The number of carbonyl (C=O) groups is 3. The number of imide groups is 1. The average Bonchev–Trinajstić information content (AvgIpc) is 3.15. The van der Waals surface area contributed by atoms with E-state index in [0.29, 0.717) is 3.57 Å². The minimum atomic E-state index is -2.59. The topological polar surface area (TPSA) is 133 Å². The van der Waals surface area contributed by atoms with Crippen LogP contribution in [0.15, 0.2) is 24.3 Å². The number of aliphatic hydroxyl groups is 1. The molecular formula is C15H14IN3O6. The van der Waals surface area contributed by atoms with E-state index in [-0.39, 0.29) is 33.9 Å². The molecule has 0 spiro atoms. The molecule has 0 bridgehead atoms. The van der Waals surface area contributed by atoms with Crippen molar-refractivity contribution in [1.29, 1.82) is 0 Å². The van der Waals surface area contributed by atoms with Crippen molar-refractivity contribution in [3.05, 3.63) is 44.8 Å². The van der Waals surface area contributed by atoms with E-state index in [4.69, 9.17) is 9.84 Å². The van der Waals surface area contributed by atoms with Gasteiger partial charge >= 0.3 is 149 Å². The number of H-pyrrole nitrogens is 1. The third kappa shape index (κ3) is 2.92. The van der Waals surface area contributed by atoms with Crippen LogP contribution >= 0.6 is 20.2 Å². The number of esters is 1. The molecule has 2 amide bonds. The fourth-order valence-corrected chi connectivity index (χ4v) is 3.99. The molecular weight excluding hydrogens is 445 g/mol. The number of anilines is 1. The second kappa shape index (κ2) is 6.90. The molecule has 0 radical (unpaired) electrons. The van der Waals surface area contributed by atoms with Crippen LogP contribution in [0, 0.1) is 3.57 Å². The maximum atomic E-state index is 12.6. The second-order valence-electron chi connectivity index (χ2n) is 4.92. The predicted octanol–water partition coefficient (Wildman–Crippen LogP) is 0.920. The summed E-state index contributed by atoms with van der Waals surface area (Å²) in [6, 6.07) is 6.12. The van der Waals surface area contributed by atoms with Crippen LogP contribution in [0.3, 0.4) is 0 Å². The van der Waals surface area contributed by atoms with Crippen molar-refractivity contribution in [1.82, 2.24) is 10.2 Å². The van der Waals surface area contributed by atoms with Gasteiger partial charge in [0.15, 0.2) is 0 Å². The fraction of sp³-hybridized carbons (Fsp3) is 0.200. The summed E-state index contributed by atoms with van der Waals surface area (Å²) in [5.74, 6) is -2.08. The summed E-state index contributed by atoms with van der Waals surface area (Å²) >= 11 is -2.59. The van der Waals surface area contributed by atoms with Crippen LogP contribution in [-0.2, 0) is 4.74 Å². The van der Waals surface area contributed by atoms with Crippen molar-refractivity contribution in [3.8, 4) is 0 Å². The predicted molar refractivity (Wildman–Crippen MR) is 94.1 cm³/mol. The summed E-state index contributed by atoms with van der Waals surface area (Å²) in [5, 5.41) is 15.2. The van der Waals surface area contributed by atoms with Gasteiger partial charge in [0, 0.05) is 0 Å². The van der Waals surface area contributed by atoms with Crippen molar-refractivity contribution < 1.29 is 27.7 Å². The second-order valence-corrected chi connectivity index (χ2v) is 8.78. The Morgan fingerprint density at radius 2 is 1.96 bits per heavy atom. The van der Waals surface area contributed by atoms with Gasteiger partial charge in [-0.05, 0) is 0 Å². The van der Waals surface area contributed by atoms with Gasteiger partial charge in [0.25, 0.3) is 0 Å². The molecule has 132 valence electrons. The van der Waals surface area contributed by atoms with Crippen LogP contribution in [0.2, 0.25) is 0 Å². The maximum absolute atomic E-state index is 12.6. The molecule has 1 aromatic carbocycles. The Bertz CT molecular complexity index is 847. The van der Waals surface area contributed by atoms with E-state index in [1.165, 1.54) is 12.1 Å². The van der Waals surface area contributed by atoms with E-state index in [1.807, 2.05) is 0 Å². The van der Waals surface area contributed by atoms with Gasteiger partial charge in [-0.15, -0.1) is 0 Å². The van der Waals surface area contributed by atoms with E-state index in [9.17, 15) is 17.8 Å². The van der Waals surface area contributed by atoms with E-state index in [1.54, 1.807) is 19.1 Å². The first-order valence-corrected chi connectivity index (χ1v) is 10.8. The van der Waals surface area contributed by atoms with Gasteiger partial charge < -0.3 is 0 Å². The molecule has 1 aliphatic rings. The molecule has 3 rings (SSSR count). The Balaban J connectivity index is 1.94. The van der Waals surface area contributed by atoms with Crippen LogP contribution < -0.4 is 4.90 Å². The van der Waals surface area contributed by atoms with Crippen LogP contribution in [0.5, 0.6) is 0 Å². The summed E-state index contributed by atoms with van der Waals surface area (Å²) in [6.07, 6.45) is 0. The standard InChI is InChI=1S/C15H14IN3O6/c1-2-25-15(23)12-10-11(17-18-12)14(22)19(13(10)21)9-5-3-8(4-6-9)16(24)7-20/h3-6,20,24H,2,7H2,1H3,(H,17,18). The Morgan fingerprint density at radius 1 is 1.28 bits per heavy atom. The number of fused-ring (bicyclic) bond motifs is 1. The molecule has 2 aromatic rings. The zero-order valence-corrected chi connectivity index (χ0v) is 15.2. The molecule has 0 unspecified atom stereocenters. The molecule has 0 fully saturated rings. The van der Waals surface area contributed by atoms with Crippen molar-refractivity contribution >= 4 is 43.7 Å². The number of aliphatic hydroxyl groups excluding tert-OH is 1. The van der Waals surface area contributed by atoms with Crippen LogP contribution in [0.4, 0.5) is 5.69 Å². The van der Waals surface area contributed by atoms with E-state index < -0.39 is 38.0 Å². The number of hydrogen-bond donors (Lipinski definition) is 3. The molecule has 9 nitrogen and oxygen atoms in total. The van der Waals surface area contributed by atoms with E-state index in [0.717, 1.165) is 4.90 Å². The van der Waals surface area contributed by atoms with Gasteiger partial charge in [0.1, 0.15) is 0 Å². The van der Waals surface area contributed by atoms with E-state index in [2.05, 4.69) is 10.2 Å². The van der Waals surface area contributed by atoms with Crippen LogP contribution in [-0.4, -0.2) is 47.7 Å². The molecule has 2 heterocycles. The van der Waals surface area contributed by atoms with E-state index >= 15 is 0 Å². The van der Waals surface area contributed by atoms with Gasteiger partial charge in [-0.3, -0.25) is 0 Å². The molecule has 10 heteroatoms. The minimum absolute atomic E-state index is 0.113. The van der Waals surface area contributed by atoms with Crippen molar-refractivity contribution in [2.75, 3.05) is 16.1 Å². The molecule has 1 aromatic heterocycles. The third-order valence-corrected chi connectivity index (χ3v) is 6.32. The number of benzene rings is 1. The zero-order valence-electron chi connectivity index (χ0n) is 13.0. The van der Waals surface area contributed by atoms with Gasteiger partial charge in [-0.2, -0.15) is 0 Å². The number of nitrogens with zero attached hydrogens (tertiary/aromatic N) is 2. The molecule has 0 saturated heterocycles. The monoisotopic (exact) mass is 459 g/mol. The summed E-state index contributed by atoms with van der Waals surface area (Å²) in [4.78, 5) is 37.9. The summed E-state index contributed by atoms with van der Waals surface area (Å²) in [7, 11) is 0. The van der Waals surface area contributed by atoms with Crippen molar-refractivity contribution in [2.45, 2.75) is 6.92 Å². The normalized spacial score (nSPS) is 13.9. The van der Waals surface area contributed by atoms with Crippen LogP contribution in [0.25, 0.3) is 0 Å². The number of aromatic amines is 1. The molecule has 25 heavy (non-hydrogen) atoms. The number of ether oxygens (including phenoxy) is 1. The summed E-state index contributed by atoms with van der Waals surface area (Å²) < 4.78 is 14.9. The number of nitrogens with one attached hydrogen (secondary N) is 1. The van der Waals surface area contributed by atoms with Crippen molar-refractivity contribution in [3.63, 3.8) is 0 Å². The number of aromatic nitrogens is 2. The summed E-state index contributed by atoms with van der Waals surface area (Å²) in [6.45, 7) is 1.75. The zero-order chi connectivity index (χ0) is 18.1. The van der Waals surface area contributed by atoms with Gasteiger partial charge in [-0.25, -0.2) is 0 Å². The first kappa shape index (κ1) is 17.5. The fourth-order valence-electron chi connectivity index (χ4n) is 2.40. The van der Waals surface area contributed by atoms with Gasteiger partial charge in [0.05, 0.1) is 0 Å².